The van der Waals surface area contributed by atoms with Gasteiger partial charge in [-0.1, -0.05) is 0 Å². The lowest BCUT2D eigenvalue weighted by molar-refractivity contribution is 0.453. The van der Waals surface area contributed by atoms with Crippen molar-refractivity contribution in [3.05, 3.63) is 0 Å². The topological polar surface area (TPSA) is 26.0 Å². The maximum atomic E-state index is 5.84. The van der Waals surface area contributed by atoms with Gasteiger partial charge in [-0.05, 0) is 19.3 Å². The first-order valence-electron chi connectivity index (χ1n) is 3.22. The molecule has 54 valence electrons. The van der Waals surface area contributed by atoms with Gasteiger partial charge in [0, 0.05) is 16.8 Å². The molecule has 0 aromatic rings. The van der Waals surface area contributed by atoms with Crippen LogP contribution < -0.4 is 5.73 Å². The molecule has 2 N–H and O–H groups in total. The van der Waals surface area contributed by atoms with Crippen molar-refractivity contribution in [2.75, 3.05) is 0 Å². The maximum Gasteiger partial charge on any atom is 0.0364 e. The zero-order valence-electron chi connectivity index (χ0n) is 5.19. The minimum Gasteiger partial charge on any atom is -0.328 e. The van der Waals surface area contributed by atoms with Gasteiger partial charge in [-0.25, -0.2) is 0 Å². The number of nitrogens with two attached hydrogens (primary N) is 1. The lowest BCUT2D eigenvalue weighted by atomic mass is 9.95. The van der Waals surface area contributed by atoms with E-state index < -0.39 is 0 Å². The van der Waals surface area contributed by atoms with Crippen LogP contribution in [0.25, 0.3) is 0 Å². The predicted octanol–water partition coefficient (Wildman–Crippen LogP) is 1.71. The Morgan fingerprint density at radius 1 is 1.00 bits per heavy atom. The number of rotatable bonds is 0. The molecule has 0 heterocycles. The van der Waals surface area contributed by atoms with Crippen LogP contribution in [0.2, 0.25) is 0 Å². The quantitative estimate of drug-likeness (QED) is 0.547. The summed E-state index contributed by atoms with van der Waals surface area (Å²) in [6.45, 7) is 0. The van der Waals surface area contributed by atoms with E-state index in [0.717, 1.165) is 19.3 Å². The lowest BCUT2D eigenvalue weighted by Crippen LogP contribution is -2.33. The largest absolute Gasteiger partial charge is 0.328 e. The van der Waals surface area contributed by atoms with Crippen molar-refractivity contribution in [2.24, 2.45) is 5.73 Å². The Morgan fingerprint density at radius 2 is 1.44 bits per heavy atom. The highest BCUT2D eigenvalue weighted by atomic mass is 35.5. The number of alkyl halides is 2. The van der Waals surface area contributed by atoms with Gasteiger partial charge in [-0.3, -0.25) is 0 Å². The van der Waals surface area contributed by atoms with Crippen molar-refractivity contribution in [1.29, 1.82) is 0 Å². The third-order valence-electron chi connectivity index (χ3n) is 1.63. The molecule has 0 aromatic carbocycles. The second-order valence-electron chi connectivity index (χ2n) is 2.66. The molecule has 0 aromatic heterocycles. The third kappa shape index (κ3) is 2.32. The van der Waals surface area contributed by atoms with Crippen molar-refractivity contribution in [1.82, 2.24) is 0 Å². The predicted molar refractivity (Wildman–Crippen MR) is 41.1 cm³/mol. The molecule has 1 fully saturated rings. The van der Waals surface area contributed by atoms with Crippen molar-refractivity contribution in [3.8, 4) is 0 Å². The zero-order chi connectivity index (χ0) is 6.85. The average molecular weight is 168 g/mol. The van der Waals surface area contributed by atoms with Gasteiger partial charge in [0.05, 0.1) is 0 Å². The summed E-state index contributed by atoms with van der Waals surface area (Å²) in [5.74, 6) is 0. The summed E-state index contributed by atoms with van der Waals surface area (Å²) in [6.07, 6.45) is 2.76. The molecule has 0 bridgehead atoms. The van der Waals surface area contributed by atoms with E-state index in [1.165, 1.54) is 0 Å². The molecule has 0 radical (unpaired) electrons. The molecule has 1 aliphatic carbocycles. The lowest BCUT2D eigenvalue weighted by Gasteiger charge is -2.25. The molecule has 0 saturated heterocycles. The standard InChI is InChI=1S/C6H11Cl2N/c7-4-1-5(8)3-6(9)2-4/h4-6H,1-3,9H2/t4-,5?,6?/m1/s1. The molecule has 1 saturated carbocycles. The Kier molecular flexibility index (Phi) is 2.62. The van der Waals surface area contributed by atoms with Gasteiger partial charge in [0.15, 0.2) is 0 Å². The van der Waals surface area contributed by atoms with Crippen LogP contribution >= 0.6 is 23.2 Å². The van der Waals surface area contributed by atoms with E-state index in [9.17, 15) is 0 Å². The average Bonchev–Trinajstić information content (AvgIpc) is 1.59. The monoisotopic (exact) mass is 167 g/mol. The maximum absolute atomic E-state index is 5.84. The number of hydrogen-bond acceptors (Lipinski definition) is 1. The normalized spacial score (nSPS) is 45.0. The highest BCUT2D eigenvalue weighted by Gasteiger charge is 2.23. The second kappa shape index (κ2) is 3.09. The molecule has 2 unspecified atom stereocenters. The van der Waals surface area contributed by atoms with Crippen LogP contribution in [-0.4, -0.2) is 16.8 Å². The van der Waals surface area contributed by atoms with Gasteiger partial charge in [0.2, 0.25) is 0 Å². The van der Waals surface area contributed by atoms with Gasteiger partial charge < -0.3 is 5.73 Å². The molecule has 3 atom stereocenters. The van der Waals surface area contributed by atoms with Gasteiger partial charge >= 0.3 is 0 Å². The van der Waals surface area contributed by atoms with Gasteiger partial charge in [-0.2, -0.15) is 0 Å². The van der Waals surface area contributed by atoms with Crippen LogP contribution in [0.3, 0.4) is 0 Å². The van der Waals surface area contributed by atoms with Crippen molar-refractivity contribution in [3.63, 3.8) is 0 Å². The van der Waals surface area contributed by atoms with E-state index in [-0.39, 0.29) is 16.8 Å². The van der Waals surface area contributed by atoms with E-state index in [2.05, 4.69) is 0 Å². The zero-order valence-corrected chi connectivity index (χ0v) is 6.70. The van der Waals surface area contributed by atoms with E-state index in [1.807, 2.05) is 0 Å². The fraction of sp³-hybridized carbons (Fsp3) is 1.00. The van der Waals surface area contributed by atoms with E-state index in [0.29, 0.717) is 0 Å². The Morgan fingerprint density at radius 3 is 1.78 bits per heavy atom. The molecular formula is C6H11Cl2N. The van der Waals surface area contributed by atoms with Gasteiger partial charge in [0.1, 0.15) is 0 Å². The first kappa shape index (κ1) is 7.64. The van der Waals surface area contributed by atoms with Crippen LogP contribution in [-0.2, 0) is 0 Å². The van der Waals surface area contributed by atoms with Gasteiger partial charge in [-0.15, -0.1) is 23.2 Å². The van der Waals surface area contributed by atoms with Crippen LogP contribution in [0.1, 0.15) is 19.3 Å². The number of hydrogen-bond donors (Lipinski definition) is 1. The Bertz CT molecular complexity index is 72.0. The summed E-state index contributed by atoms with van der Waals surface area (Å²) >= 11 is 11.7. The summed E-state index contributed by atoms with van der Waals surface area (Å²) in [5.41, 5.74) is 5.65. The van der Waals surface area contributed by atoms with Crippen molar-refractivity contribution < 1.29 is 0 Å². The number of halogens is 2. The molecule has 9 heavy (non-hydrogen) atoms. The molecule has 3 heteroatoms. The molecule has 0 amide bonds. The van der Waals surface area contributed by atoms with Gasteiger partial charge in [0.25, 0.3) is 0 Å². The SMILES string of the molecule is NC1CC(Cl)C[C@@H](Cl)C1. The first-order chi connectivity index (χ1) is 4.18. The van der Waals surface area contributed by atoms with Crippen LogP contribution in [0.4, 0.5) is 0 Å². The molecular weight excluding hydrogens is 157 g/mol. The second-order valence-corrected chi connectivity index (χ2v) is 3.90. The summed E-state index contributed by atoms with van der Waals surface area (Å²) in [5, 5.41) is 0.410. The highest BCUT2D eigenvalue weighted by Crippen LogP contribution is 2.25. The Balaban J connectivity index is 2.34. The molecule has 1 rings (SSSR count). The van der Waals surface area contributed by atoms with Crippen LogP contribution in [0, 0.1) is 0 Å². The minimum atomic E-state index is 0.205. The summed E-state index contributed by atoms with van der Waals surface area (Å²) in [6, 6.07) is 0.226. The molecule has 1 nitrogen and oxygen atoms in total. The van der Waals surface area contributed by atoms with E-state index in [4.69, 9.17) is 28.9 Å². The van der Waals surface area contributed by atoms with Crippen molar-refractivity contribution in [2.45, 2.75) is 36.1 Å². The summed E-state index contributed by atoms with van der Waals surface area (Å²) in [4.78, 5) is 0. The fourth-order valence-corrected chi connectivity index (χ4v) is 2.20. The van der Waals surface area contributed by atoms with Crippen LogP contribution in [0.5, 0.6) is 0 Å². The molecule has 1 aliphatic rings. The summed E-state index contributed by atoms with van der Waals surface area (Å²) < 4.78 is 0. The minimum absolute atomic E-state index is 0.205. The third-order valence-corrected chi connectivity index (χ3v) is 2.34. The van der Waals surface area contributed by atoms with Crippen molar-refractivity contribution >= 4 is 23.2 Å². The van der Waals surface area contributed by atoms with Crippen LogP contribution in [0.15, 0.2) is 0 Å². The Labute approximate surface area is 65.5 Å². The van der Waals surface area contributed by atoms with E-state index in [1.54, 1.807) is 0 Å². The smallest absolute Gasteiger partial charge is 0.0364 e. The molecule has 0 aliphatic heterocycles. The first-order valence-corrected chi connectivity index (χ1v) is 4.09. The highest BCUT2D eigenvalue weighted by molar-refractivity contribution is 6.23. The fourth-order valence-electron chi connectivity index (χ4n) is 1.22. The Hall–Kier alpha value is 0.540. The molecule has 0 spiro atoms. The summed E-state index contributed by atoms with van der Waals surface area (Å²) in [7, 11) is 0. The van der Waals surface area contributed by atoms with E-state index >= 15 is 0 Å².